The molecule has 1 unspecified atom stereocenters. The zero-order valence-corrected chi connectivity index (χ0v) is 13.2. The Hall–Kier alpha value is -1.72. The summed E-state index contributed by atoms with van der Waals surface area (Å²) in [5, 5.41) is 9.01. The number of aromatic nitrogens is 1. The van der Waals surface area contributed by atoms with E-state index in [-0.39, 0.29) is 11.9 Å². The number of hydrogen-bond donors (Lipinski definition) is 2. The Morgan fingerprint density at radius 3 is 2.81 bits per heavy atom. The van der Waals surface area contributed by atoms with E-state index in [0.29, 0.717) is 13.0 Å². The smallest absolute Gasteiger partial charge is 0.226 e. The van der Waals surface area contributed by atoms with Crippen LogP contribution in [0.1, 0.15) is 23.2 Å². The highest BCUT2D eigenvalue weighted by Gasteiger charge is 2.09. The van der Waals surface area contributed by atoms with E-state index < -0.39 is 0 Å². The molecule has 0 saturated heterocycles. The van der Waals surface area contributed by atoms with Crippen LogP contribution in [0.4, 0.5) is 0 Å². The molecular formula is C16H21N3OS. The molecule has 4 nitrogen and oxygen atoms in total. The van der Waals surface area contributed by atoms with E-state index in [1.54, 1.807) is 11.3 Å². The molecule has 2 rings (SSSR count). The highest BCUT2D eigenvalue weighted by Crippen LogP contribution is 2.15. The van der Waals surface area contributed by atoms with Crippen molar-refractivity contribution in [3.8, 4) is 0 Å². The highest BCUT2D eigenvalue weighted by molar-refractivity contribution is 7.09. The molecule has 112 valence electrons. The summed E-state index contributed by atoms with van der Waals surface area (Å²) in [6, 6.07) is 10.5. The minimum absolute atomic E-state index is 0.0219. The summed E-state index contributed by atoms with van der Waals surface area (Å²) in [6.07, 6.45) is 1.17. The molecule has 0 fully saturated rings. The van der Waals surface area contributed by atoms with Crippen LogP contribution in [0.3, 0.4) is 0 Å². The van der Waals surface area contributed by atoms with E-state index in [1.807, 2.05) is 37.6 Å². The monoisotopic (exact) mass is 303 g/mol. The molecule has 5 heteroatoms. The third kappa shape index (κ3) is 5.28. The van der Waals surface area contributed by atoms with E-state index in [0.717, 1.165) is 17.1 Å². The zero-order valence-electron chi connectivity index (χ0n) is 12.4. The number of carbonyl (C=O) groups excluding carboxylic acids is 1. The summed E-state index contributed by atoms with van der Waals surface area (Å²) < 4.78 is 0. The van der Waals surface area contributed by atoms with Crippen molar-refractivity contribution in [3.63, 3.8) is 0 Å². The molecule has 2 aromatic rings. The van der Waals surface area contributed by atoms with Gasteiger partial charge in [0.05, 0.1) is 17.1 Å². The number of thiazole rings is 1. The van der Waals surface area contributed by atoms with Gasteiger partial charge in [-0.25, -0.2) is 4.98 Å². The highest BCUT2D eigenvalue weighted by atomic mass is 32.1. The lowest BCUT2D eigenvalue weighted by atomic mass is 10.2. The maximum Gasteiger partial charge on any atom is 0.226 e. The van der Waals surface area contributed by atoms with Gasteiger partial charge in [0.15, 0.2) is 0 Å². The second-order valence-electron chi connectivity index (χ2n) is 5.07. The van der Waals surface area contributed by atoms with Crippen molar-refractivity contribution < 1.29 is 4.79 Å². The van der Waals surface area contributed by atoms with Gasteiger partial charge in [-0.2, -0.15) is 0 Å². The van der Waals surface area contributed by atoms with Crippen LogP contribution in [0.5, 0.6) is 0 Å². The number of hydrogen-bond acceptors (Lipinski definition) is 4. The van der Waals surface area contributed by atoms with E-state index in [9.17, 15) is 4.79 Å². The topological polar surface area (TPSA) is 54.0 Å². The second-order valence-corrected chi connectivity index (χ2v) is 6.01. The van der Waals surface area contributed by atoms with Gasteiger partial charge >= 0.3 is 0 Å². The molecule has 0 bridgehead atoms. The van der Waals surface area contributed by atoms with Crippen molar-refractivity contribution in [3.05, 3.63) is 52.0 Å². The SMILES string of the molecule is CNC(C)CNC(=O)Cc1csc(Cc2ccccc2)n1. The summed E-state index contributed by atoms with van der Waals surface area (Å²) >= 11 is 1.61. The fourth-order valence-electron chi connectivity index (χ4n) is 1.88. The molecule has 0 saturated carbocycles. The molecule has 1 atom stereocenters. The van der Waals surface area contributed by atoms with Gasteiger partial charge in [-0.05, 0) is 19.5 Å². The number of carbonyl (C=O) groups is 1. The Labute approximate surface area is 129 Å². The van der Waals surface area contributed by atoms with Gasteiger partial charge in [-0.1, -0.05) is 30.3 Å². The Morgan fingerprint density at radius 2 is 2.10 bits per heavy atom. The lowest BCUT2D eigenvalue weighted by molar-refractivity contribution is -0.120. The average Bonchev–Trinajstić information content (AvgIpc) is 2.92. The molecule has 21 heavy (non-hydrogen) atoms. The number of likely N-dealkylation sites (N-methyl/N-ethyl adjacent to an activating group) is 1. The summed E-state index contributed by atoms with van der Waals surface area (Å²) in [7, 11) is 1.88. The summed E-state index contributed by atoms with van der Waals surface area (Å²) in [5.41, 5.74) is 2.09. The standard InChI is InChI=1S/C16H21N3OS/c1-12(17-2)10-18-15(20)9-14-11-21-16(19-14)8-13-6-4-3-5-7-13/h3-7,11-12,17H,8-10H2,1-2H3,(H,18,20). The molecule has 0 aliphatic rings. The van der Waals surface area contributed by atoms with Crippen LogP contribution in [0.2, 0.25) is 0 Å². The molecule has 2 N–H and O–H groups in total. The first-order chi connectivity index (χ1) is 10.2. The second kappa shape index (κ2) is 7.90. The van der Waals surface area contributed by atoms with Gasteiger partial charge in [0.25, 0.3) is 0 Å². The van der Waals surface area contributed by atoms with Crippen LogP contribution >= 0.6 is 11.3 Å². The predicted molar refractivity (Wildman–Crippen MR) is 86.6 cm³/mol. The average molecular weight is 303 g/mol. The molecular weight excluding hydrogens is 282 g/mol. The first-order valence-electron chi connectivity index (χ1n) is 7.08. The van der Waals surface area contributed by atoms with E-state index in [1.165, 1.54) is 5.56 Å². The van der Waals surface area contributed by atoms with Crippen molar-refractivity contribution in [2.75, 3.05) is 13.6 Å². The Morgan fingerprint density at radius 1 is 1.33 bits per heavy atom. The number of rotatable bonds is 7. The number of benzene rings is 1. The van der Waals surface area contributed by atoms with Crippen molar-refractivity contribution in [1.29, 1.82) is 0 Å². The first-order valence-corrected chi connectivity index (χ1v) is 7.96. The molecule has 1 aromatic heterocycles. The third-order valence-electron chi connectivity index (χ3n) is 3.24. The molecule has 0 aliphatic heterocycles. The summed E-state index contributed by atoms with van der Waals surface area (Å²) in [4.78, 5) is 16.4. The number of nitrogens with zero attached hydrogens (tertiary/aromatic N) is 1. The van der Waals surface area contributed by atoms with Gasteiger partial charge in [-0.15, -0.1) is 11.3 Å². The number of amides is 1. The van der Waals surface area contributed by atoms with Gasteiger partial charge in [-0.3, -0.25) is 4.79 Å². The first kappa shape index (κ1) is 15.7. The minimum Gasteiger partial charge on any atom is -0.354 e. The molecule has 1 aromatic carbocycles. The third-order valence-corrected chi connectivity index (χ3v) is 4.14. The Bertz CT molecular complexity index is 568. The minimum atomic E-state index is 0.0219. The molecule has 0 radical (unpaired) electrons. The van der Waals surface area contributed by atoms with Crippen molar-refractivity contribution >= 4 is 17.2 Å². The van der Waals surface area contributed by atoms with Crippen LogP contribution in [0.25, 0.3) is 0 Å². The van der Waals surface area contributed by atoms with Gasteiger partial charge < -0.3 is 10.6 Å². The Balaban J connectivity index is 1.84. The van der Waals surface area contributed by atoms with Gasteiger partial charge in [0, 0.05) is 24.4 Å². The van der Waals surface area contributed by atoms with Crippen LogP contribution in [0.15, 0.2) is 35.7 Å². The van der Waals surface area contributed by atoms with Gasteiger partial charge in [0.1, 0.15) is 0 Å². The van der Waals surface area contributed by atoms with Crippen LogP contribution in [0, 0.1) is 0 Å². The molecule has 0 spiro atoms. The number of nitrogens with one attached hydrogen (secondary N) is 2. The maximum atomic E-state index is 11.8. The van der Waals surface area contributed by atoms with E-state index in [2.05, 4.69) is 27.8 Å². The lowest BCUT2D eigenvalue weighted by Gasteiger charge is -2.10. The van der Waals surface area contributed by atoms with E-state index >= 15 is 0 Å². The van der Waals surface area contributed by atoms with E-state index in [4.69, 9.17) is 0 Å². The summed E-state index contributed by atoms with van der Waals surface area (Å²) in [6.45, 7) is 2.66. The predicted octanol–water partition coefficient (Wildman–Crippen LogP) is 2.00. The fraction of sp³-hybridized carbons (Fsp3) is 0.375. The molecule has 1 heterocycles. The fourth-order valence-corrected chi connectivity index (χ4v) is 2.71. The lowest BCUT2D eigenvalue weighted by Crippen LogP contribution is -2.37. The van der Waals surface area contributed by atoms with Crippen molar-refractivity contribution in [2.24, 2.45) is 0 Å². The zero-order chi connectivity index (χ0) is 15.1. The van der Waals surface area contributed by atoms with Crippen molar-refractivity contribution in [1.82, 2.24) is 15.6 Å². The quantitative estimate of drug-likeness (QED) is 0.822. The van der Waals surface area contributed by atoms with Crippen LogP contribution in [-0.2, 0) is 17.6 Å². The maximum absolute atomic E-state index is 11.8. The van der Waals surface area contributed by atoms with Crippen LogP contribution in [-0.4, -0.2) is 30.5 Å². The van der Waals surface area contributed by atoms with Crippen LogP contribution < -0.4 is 10.6 Å². The molecule has 1 amide bonds. The summed E-state index contributed by atoms with van der Waals surface area (Å²) in [5.74, 6) is 0.0219. The van der Waals surface area contributed by atoms with Gasteiger partial charge in [0.2, 0.25) is 5.91 Å². The largest absolute Gasteiger partial charge is 0.354 e. The molecule has 0 aliphatic carbocycles. The van der Waals surface area contributed by atoms with Crippen molar-refractivity contribution in [2.45, 2.75) is 25.8 Å². The normalized spacial score (nSPS) is 12.1. The Kier molecular flexibility index (Phi) is 5.90.